The summed E-state index contributed by atoms with van der Waals surface area (Å²) in [7, 11) is 0. The molecule has 0 bridgehead atoms. The van der Waals surface area contributed by atoms with Crippen molar-refractivity contribution in [2.75, 3.05) is 6.61 Å². The number of aryl methyl sites for hydroxylation is 1. The van der Waals surface area contributed by atoms with E-state index in [2.05, 4.69) is 12.1 Å². The van der Waals surface area contributed by atoms with Crippen LogP contribution in [0.4, 0.5) is 0 Å². The predicted molar refractivity (Wildman–Crippen MR) is 73.4 cm³/mol. The van der Waals surface area contributed by atoms with Crippen molar-refractivity contribution in [2.24, 2.45) is 0 Å². The lowest BCUT2D eigenvalue weighted by molar-refractivity contribution is 0.0829. The molecule has 1 heterocycles. The first-order chi connectivity index (χ1) is 9.27. The number of hydrogen-bond donors (Lipinski definition) is 1. The third kappa shape index (κ3) is 1.53. The van der Waals surface area contributed by atoms with Crippen LogP contribution in [0.5, 0.6) is 5.75 Å². The fourth-order valence-corrected chi connectivity index (χ4v) is 3.34. The molecule has 1 unspecified atom stereocenters. The molecule has 19 heavy (non-hydrogen) atoms. The van der Waals surface area contributed by atoms with Gasteiger partial charge >= 0.3 is 0 Å². The van der Waals surface area contributed by atoms with Crippen molar-refractivity contribution in [3.05, 3.63) is 64.7 Å². The summed E-state index contributed by atoms with van der Waals surface area (Å²) >= 11 is 0. The molecule has 2 heteroatoms. The quantitative estimate of drug-likeness (QED) is 0.845. The molecule has 2 aromatic carbocycles. The van der Waals surface area contributed by atoms with Crippen molar-refractivity contribution in [3.63, 3.8) is 0 Å². The molecule has 96 valence electrons. The molecule has 0 saturated carbocycles. The molecular weight excluding hydrogens is 236 g/mol. The van der Waals surface area contributed by atoms with Crippen molar-refractivity contribution in [3.8, 4) is 5.75 Å². The van der Waals surface area contributed by atoms with Gasteiger partial charge in [0.05, 0.1) is 6.61 Å². The van der Waals surface area contributed by atoms with Gasteiger partial charge in [-0.15, -0.1) is 0 Å². The zero-order valence-corrected chi connectivity index (χ0v) is 10.7. The molecule has 0 aromatic heterocycles. The largest absolute Gasteiger partial charge is 0.493 e. The first-order valence-corrected chi connectivity index (χ1v) is 6.84. The minimum atomic E-state index is -0.825. The van der Waals surface area contributed by atoms with Gasteiger partial charge in [-0.1, -0.05) is 30.3 Å². The monoisotopic (exact) mass is 252 g/mol. The van der Waals surface area contributed by atoms with Crippen LogP contribution in [0.1, 0.15) is 28.7 Å². The maximum Gasteiger partial charge on any atom is 0.122 e. The second-order valence-electron chi connectivity index (χ2n) is 5.44. The molecule has 2 nitrogen and oxygen atoms in total. The van der Waals surface area contributed by atoms with Crippen molar-refractivity contribution in [1.29, 1.82) is 0 Å². The lowest BCUT2D eigenvalue weighted by atomic mass is 9.87. The highest BCUT2D eigenvalue weighted by molar-refractivity contribution is 5.49. The van der Waals surface area contributed by atoms with Gasteiger partial charge in [-0.2, -0.15) is 0 Å². The number of rotatable bonds is 1. The van der Waals surface area contributed by atoms with E-state index in [1.807, 2.05) is 30.3 Å². The Balaban J connectivity index is 1.84. The third-order valence-corrected chi connectivity index (χ3v) is 4.39. The van der Waals surface area contributed by atoms with Crippen LogP contribution in [0.3, 0.4) is 0 Å². The number of hydrogen-bond acceptors (Lipinski definition) is 2. The Labute approximate surface area is 112 Å². The first-order valence-electron chi connectivity index (χ1n) is 6.84. The summed E-state index contributed by atoms with van der Waals surface area (Å²) in [4.78, 5) is 0. The van der Waals surface area contributed by atoms with E-state index < -0.39 is 5.60 Å². The van der Waals surface area contributed by atoms with E-state index in [4.69, 9.17) is 4.74 Å². The van der Waals surface area contributed by atoms with Gasteiger partial charge in [-0.3, -0.25) is 0 Å². The van der Waals surface area contributed by atoms with E-state index in [1.54, 1.807) is 0 Å². The van der Waals surface area contributed by atoms with Crippen molar-refractivity contribution < 1.29 is 9.84 Å². The molecule has 0 radical (unpaired) electrons. The summed E-state index contributed by atoms with van der Waals surface area (Å²) in [5.41, 5.74) is 3.72. The molecule has 0 saturated heterocycles. The Kier molecular flexibility index (Phi) is 2.24. The summed E-state index contributed by atoms with van der Waals surface area (Å²) in [6.45, 7) is 0.758. The van der Waals surface area contributed by atoms with Crippen LogP contribution in [0.25, 0.3) is 0 Å². The number of fused-ring (bicyclic) bond motifs is 2. The van der Waals surface area contributed by atoms with Crippen molar-refractivity contribution >= 4 is 0 Å². The second-order valence-corrected chi connectivity index (χ2v) is 5.44. The van der Waals surface area contributed by atoms with E-state index in [-0.39, 0.29) is 0 Å². The van der Waals surface area contributed by atoms with Gasteiger partial charge < -0.3 is 9.84 Å². The van der Waals surface area contributed by atoms with Crippen LogP contribution in [0.2, 0.25) is 0 Å². The Bertz CT molecular complexity index is 647. The van der Waals surface area contributed by atoms with Crippen LogP contribution >= 0.6 is 0 Å². The van der Waals surface area contributed by atoms with Crippen LogP contribution < -0.4 is 4.74 Å². The standard InChI is InChI=1S/C17H16O2/c18-17(9-7-12-3-1-2-4-15(12)17)14-5-6-16-13(11-14)8-10-19-16/h1-6,11,18H,7-10H2. The topological polar surface area (TPSA) is 29.5 Å². The zero-order chi connectivity index (χ0) is 12.9. The number of benzene rings is 2. The second kappa shape index (κ2) is 3.84. The van der Waals surface area contributed by atoms with E-state index in [0.29, 0.717) is 0 Å². The van der Waals surface area contributed by atoms with Gasteiger partial charge in [0.25, 0.3) is 0 Å². The highest BCUT2D eigenvalue weighted by Crippen LogP contribution is 2.43. The maximum atomic E-state index is 11.1. The van der Waals surface area contributed by atoms with Gasteiger partial charge in [-0.25, -0.2) is 0 Å². The predicted octanol–water partition coefficient (Wildman–Crippen LogP) is 2.80. The van der Waals surface area contributed by atoms with E-state index in [9.17, 15) is 5.11 Å². The molecule has 1 atom stereocenters. The SMILES string of the molecule is OC1(c2ccc3c(c2)CCO3)CCc2ccccc21. The maximum absolute atomic E-state index is 11.1. The van der Waals surface area contributed by atoms with Crippen LogP contribution in [-0.2, 0) is 18.4 Å². The molecule has 1 N–H and O–H groups in total. The summed E-state index contributed by atoms with van der Waals surface area (Å²) in [6.07, 6.45) is 2.66. The fraction of sp³-hybridized carbons (Fsp3) is 0.294. The Morgan fingerprint density at radius 2 is 1.89 bits per heavy atom. The Morgan fingerprint density at radius 3 is 2.84 bits per heavy atom. The Morgan fingerprint density at radius 1 is 1.00 bits per heavy atom. The summed E-state index contributed by atoms with van der Waals surface area (Å²) < 4.78 is 5.54. The molecule has 0 amide bonds. The van der Waals surface area contributed by atoms with E-state index >= 15 is 0 Å². The summed E-state index contributed by atoms with van der Waals surface area (Å²) in [6, 6.07) is 14.3. The summed E-state index contributed by atoms with van der Waals surface area (Å²) in [5.74, 6) is 0.971. The van der Waals surface area contributed by atoms with E-state index in [1.165, 1.54) is 11.1 Å². The first kappa shape index (κ1) is 11.1. The average Bonchev–Trinajstić information content (AvgIpc) is 3.04. The van der Waals surface area contributed by atoms with Crippen LogP contribution in [-0.4, -0.2) is 11.7 Å². The summed E-state index contributed by atoms with van der Waals surface area (Å²) in [5, 5.41) is 11.1. The van der Waals surface area contributed by atoms with Crippen LogP contribution in [0, 0.1) is 0 Å². The number of aliphatic hydroxyl groups is 1. The lowest BCUT2D eigenvalue weighted by Crippen LogP contribution is -2.23. The molecule has 1 aliphatic heterocycles. The lowest BCUT2D eigenvalue weighted by Gasteiger charge is -2.25. The van der Waals surface area contributed by atoms with Gasteiger partial charge in [0.1, 0.15) is 11.4 Å². The fourth-order valence-electron chi connectivity index (χ4n) is 3.34. The Hall–Kier alpha value is -1.80. The third-order valence-electron chi connectivity index (χ3n) is 4.39. The molecule has 1 aliphatic carbocycles. The smallest absolute Gasteiger partial charge is 0.122 e. The minimum absolute atomic E-state index is 0.758. The zero-order valence-electron chi connectivity index (χ0n) is 10.7. The van der Waals surface area contributed by atoms with Crippen LogP contribution in [0.15, 0.2) is 42.5 Å². The molecule has 4 rings (SSSR count). The van der Waals surface area contributed by atoms with Crippen molar-refractivity contribution in [2.45, 2.75) is 24.9 Å². The molecule has 2 aromatic rings. The van der Waals surface area contributed by atoms with Gasteiger partial charge in [-0.05, 0) is 47.2 Å². The molecule has 0 spiro atoms. The highest BCUT2D eigenvalue weighted by atomic mass is 16.5. The number of ether oxygens (including phenoxy) is 1. The van der Waals surface area contributed by atoms with Crippen molar-refractivity contribution in [1.82, 2.24) is 0 Å². The minimum Gasteiger partial charge on any atom is -0.493 e. The highest BCUT2D eigenvalue weighted by Gasteiger charge is 2.38. The van der Waals surface area contributed by atoms with E-state index in [0.717, 1.165) is 42.7 Å². The molecule has 2 aliphatic rings. The van der Waals surface area contributed by atoms with Gasteiger partial charge in [0, 0.05) is 6.42 Å². The molecular formula is C17H16O2. The van der Waals surface area contributed by atoms with Gasteiger partial charge in [0.15, 0.2) is 0 Å². The average molecular weight is 252 g/mol. The molecule has 0 fully saturated rings. The van der Waals surface area contributed by atoms with Gasteiger partial charge in [0.2, 0.25) is 0 Å². The normalized spacial score (nSPS) is 23.8.